The molecule has 2 heterocycles. The number of rotatable bonds is 16. The maximum absolute atomic E-state index is 11.3. The topological polar surface area (TPSA) is 89.9 Å². The molecule has 328 valence electrons. The average Bonchev–Trinajstić information content (AvgIpc) is 3.22. The van der Waals surface area contributed by atoms with E-state index in [2.05, 4.69) is 23.6 Å². The molecule has 2 aliphatic heterocycles. The van der Waals surface area contributed by atoms with Crippen molar-refractivity contribution in [3.05, 3.63) is 118 Å². The number of aliphatic hydroxyl groups is 1. The van der Waals surface area contributed by atoms with Crippen LogP contribution in [0.15, 0.2) is 97.1 Å². The zero-order valence-electron chi connectivity index (χ0n) is 36.7. The third kappa shape index (κ3) is 17.3. The number of nitrogens with zero attached hydrogens (tertiary/aromatic N) is 2. The highest BCUT2D eigenvalue weighted by molar-refractivity contribution is 6.30. The quantitative estimate of drug-likeness (QED) is 0.111. The fraction of sp³-hybridized carbons (Fsp3) is 0.490. The largest absolute Gasteiger partial charge is 0.492 e. The van der Waals surface area contributed by atoms with Crippen LogP contribution in [0.2, 0.25) is 10.0 Å². The smallest absolute Gasteiger partial charge is 0.159 e. The van der Waals surface area contributed by atoms with Gasteiger partial charge in [-0.2, -0.15) is 0 Å². The average molecular weight is 866 g/mol. The summed E-state index contributed by atoms with van der Waals surface area (Å²) in [7, 11) is 0. The maximum atomic E-state index is 11.3. The van der Waals surface area contributed by atoms with Crippen molar-refractivity contribution in [2.24, 2.45) is 0 Å². The third-order valence-corrected chi connectivity index (χ3v) is 11.3. The Labute approximate surface area is 368 Å². The summed E-state index contributed by atoms with van der Waals surface area (Å²) in [6.45, 7) is 22.2. The van der Waals surface area contributed by atoms with E-state index < -0.39 is 5.60 Å². The van der Waals surface area contributed by atoms with Gasteiger partial charge in [0.2, 0.25) is 0 Å². The first-order chi connectivity index (χ1) is 28.6. The monoisotopic (exact) mass is 864 g/mol. The Bertz CT molecular complexity index is 1810. The van der Waals surface area contributed by atoms with Crippen molar-refractivity contribution in [1.82, 2.24) is 9.80 Å². The van der Waals surface area contributed by atoms with Gasteiger partial charge in [-0.1, -0.05) is 35.3 Å². The number of piperidine rings is 2. The molecule has 9 nitrogen and oxygen atoms in total. The summed E-state index contributed by atoms with van der Waals surface area (Å²) in [5, 5.41) is 11.5. The number of ether oxygens (including phenoxy) is 5. The van der Waals surface area contributed by atoms with Crippen molar-refractivity contribution >= 4 is 29.0 Å². The fourth-order valence-electron chi connectivity index (χ4n) is 6.81. The molecule has 2 saturated heterocycles. The first-order valence-corrected chi connectivity index (χ1v) is 22.0. The number of likely N-dealkylation sites (tertiary alicyclic amines) is 2. The second-order valence-electron chi connectivity index (χ2n) is 16.3. The van der Waals surface area contributed by atoms with E-state index in [0.717, 1.165) is 117 Å². The zero-order valence-corrected chi connectivity index (χ0v) is 38.2. The predicted octanol–water partition coefficient (Wildman–Crippen LogP) is 10.8. The molecule has 6 rings (SSSR count). The Morgan fingerprint density at radius 2 is 0.967 bits per heavy atom. The van der Waals surface area contributed by atoms with Crippen molar-refractivity contribution in [3.8, 4) is 23.0 Å². The summed E-state index contributed by atoms with van der Waals surface area (Å²) in [5.74, 6) is 3.44. The summed E-state index contributed by atoms with van der Waals surface area (Å²) in [5.41, 5.74) is 0.480. The van der Waals surface area contributed by atoms with Gasteiger partial charge in [0.1, 0.15) is 47.4 Å². The molecule has 2 fully saturated rings. The van der Waals surface area contributed by atoms with Gasteiger partial charge in [-0.3, -0.25) is 14.6 Å². The molecular weight excluding hydrogens is 799 g/mol. The molecule has 0 saturated carbocycles. The Balaban J connectivity index is 0.000000238. The Morgan fingerprint density at radius 1 is 0.617 bits per heavy atom. The number of ketones is 1. The van der Waals surface area contributed by atoms with Crippen LogP contribution in [0, 0.1) is 0 Å². The van der Waals surface area contributed by atoms with Crippen molar-refractivity contribution in [1.29, 1.82) is 0 Å². The van der Waals surface area contributed by atoms with Crippen molar-refractivity contribution in [2.75, 3.05) is 65.7 Å². The van der Waals surface area contributed by atoms with Crippen LogP contribution in [0.4, 0.5) is 0 Å². The molecule has 4 aromatic carbocycles. The highest BCUT2D eigenvalue weighted by Crippen LogP contribution is 2.31. The number of carbonyl (C=O) groups is 1. The third-order valence-electron chi connectivity index (χ3n) is 10.8. The van der Waals surface area contributed by atoms with Crippen LogP contribution in [0.3, 0.4) is 0 Å². The Morgan fingerprint density at radius 3 is 1.28 bits per heavy atom. The van der Waals surface area contributed by atoms with E-state index in [1.54, 1.807) is 32.9 Å². The van der Waals surface area contributed by atoms with E-state index in [9.17, 15) is 9.90 Å². The zero-order chi connectivity index (χ0) is 43.6. The fourth-order valence-corrected chi connectivity index (χ4v) is 7.06. The van der Waals surface area contributed by atoms with Gasteiger partial charge in [0.15, 0.2) is 5.78 Å². The molecule has 1 N–H and O–H groups in total. The normalized spacial score (nSPS) is 16.3. The molecule has 0 bridgehead atoms. The van der Waals surface area contributed by atoms with Crippen molar-refractivity contribution in [3.63, 3.8) is 0 Å². The van der Waals surface area contributed by atoms with E-state index in [1.807, 2.05) is 98.8 Å². The molecule has 0 unspecified atom stereocenters. The van der Waals surface area contributed by atoms with Crippen LogP contribution >= 0.6 is 23.2 Å². The standard InChI is InChI=1S/C23H30ClNO3.C22H26ClNO3.C4H10O/c1-22(2,26)18-4-8-20(9-5-18)27-17-16-25-14-12-23(3,13-15-25)28-21-10-6-19(24)7-11-21;1-17(25)18-3-7-20(8-4-18)26-16-15-24-13-11-22(2,12-14-24)27-21-9-5-19(23)6-10-21;1-3-5-4-2/h4-11,26H,12-17H2,1-3H3;3-10H,11-16H2,1-2H3;3-4H2,1-2H3. The lowest BCUT2D eigenvalue weighted by Crippen LogP contribution is -2.47. The summed E-state index contributed by atoms with van der Waals surface area (Å²) in [6, 6.07) is 30.1. The maximum Gasteiger partial charge on any atom is 0.159 e. The van der Waals surface area contributed by atoms with Crippen LogP contribution in [0.1, 0.15) is 90.1 Å². The first-order valence-electron chi connectivity index (χ1n) is 21.2. The van der Waals surface area contributed by atoms with E-state index in [0.29, 0.717) is 18.8 Å². The second kappa shape index (κ2) is 24.0. The predicted molar refractivity (Wildman–Crippen MR) is 244 cm³/mol. The molecule has 0 aliphatic carbocycles. The van der Waals surface area contributed by atoms with Crippen LogP contribution in [0.25, 0.3) is 0 Å². The molecular formula is C49H66Cl2N2O7. The number of hydrogen-bond acceptors (Lipinski definition) is 9. The molecule has 2 aliphatic rings. The lowest BCUT2D eigenvalue weighted by atomic mass is 9.93. The first kappa shape index (κ1) is 48.8. The Hall–Kier alpha value is -3.83. The van der Waals surface area contributed by atoms with Gasteiger partial charge in [0, 0.05) is 68.1 Å². The van der Waals surface area contributed by atoms with E-state index in [4.69, 9.17) is 46.9 Å². The van der Waals surface area contributed by atoms with Crippen LogP contribution in [-0.4, -0.2) is 97.6 Å². The number of carbonyl (C=O) groups excluding carboxylic acids is 1. The van der Waals surface area contributed by atoms with Gasteiger partial charge in [0.05, 0.1) is 5.60 Å². The minimum atomic E-state index is -0.826. The molecule has 4 aromatic rings. The van der Waals surface area contributed by atoms with Gasteiger partial charge in [-0.05, 0) is 165 Å². The van der Waals surface area contributed by atoms with Gasteiger partial charge < -0.3 is 28.8 Å². The number of hydrogen-bond donors (Lipinski definition) is 1. The minimum absolute atomic E-state index is 0.0683. The molecule has 60 heavy (non-hydrogen) atoms. The van der Waals surface area contributed by atoms with E-state index >= 15 is 0 Å². The van der Waals surface area contributed by atoms with Crippen molar-refractivity contribution in [2.45, 2.75) is 91.0 Å². The van der Waals surface area contributed by atoms with Crippen LogP contribution in [0.5, 0.6) is 23.0 Å². The molecule has 0 amide bonds. The number of Topliss-reactive ketones (excluding diaryl/α,β-unsaturated/α-hetero) is 1. The SMILES string of the molecule is CC(=O)c1ccc(OCCN2CCC(C)(Oc3ccc(Cl)cc3)CC2)cc1.CC1(Oc2ccc(Cl)cc2)CCN(CCOc2ccc(C(C)(C)O)cc2)CC1.CCOCC. The molecule has 0 aromatic heterocycles. The summed E-state index contributed by atoms with van der Waals surface area (Å²) in [4.78, 5) is 16.1. The van der Waals surface area contributed by atoms with Crippen LogP contribution < -0.4 is 18.9 Å². The van der Waals surface area contributed by atoms with Crippen LogP contribution in [-0.2, 0) is 10.3 Å². The van der Waals surface area contributed by atoms with Gasteiger partial charge in [-0.15, -0.1) is 0 Å². The summed E-state index contributed by atoms with van der Waals surface area (Å²) in [6.07, 6.45) is 3.91. The number of benzene rings is 4. The highest BCUT2D eigenvalue weighted by atomic mass is 35.5. The molecule has 0 spiro atoms. The highest BCUT2D eigenvalue weighted by Gasteiger charge is 2.33. The van der Waals surface area contributed by atoms with Crippen molar-refractivity contribution < 1.29 is 33.6 Å². The molecule has 0 radical (unpaired) electrons. The van der Waals surface area contributed by atoms with Gasteiger partial charge in [-0.25, -0.2) is 0 Å². The molecule has 0 atom stereocenters. The summed E-state index contributed by atoms with van der Waals surface area (Å²) < 4.78 is 28.9. The lowest BCUT2D eigenvalue weighted by molar-refractivity contribution is 0.0133. The molecule has 11 heteroatoms. The lowest BCUT2D eigenvalue weighted by Gasteiger charge is -2.39. The Kier molecular flexibility index (Phi) is 19.5. The second-order valence-corrected chi connectivity index (χ2v) is 17.2. The van der Waals surface area contributed by atoms with Gasteiger partial charge >= 0.3 is 0 Å². The van der Waals surface area contributed by atoms with E-state index in [-0.39, 0.29) is 17.0 Å². The minimum Gasteiger partial charge on any atom is -0.492 e. The number of halogens is 2. The summed E-state index contributed by atoms with van der Waals surface area (Å²) >= 11 is 11.9. The van der Waals surface area contributed by atoms with E-state index in [1.165, 1.54) is 0 Å². The van der Waals surface area contributed by atoms with Gasteiger partial charge in [0.25, 0.3) is 0 Å².